The standard InChI is InChI=1S/C17H36N2O5Si2.H2/c1-14(18-15(2)20)19(16(3)21)12-10-11-13-26(9,23-17(4,5)22)24-25(6,7)8;/h22H,1,10-13H2,2-9H3,(H,18,20);1H. The van der Waals surface area contributed by atoms with E-state index in [9.17, 15) is 14.7 Å². The van der Waals surface area contributed by atoms with Crippen molar-refractivity contribution in [3.8, 4) is 0 Å². The van der Waals surface area contributed by atoms with Gasteiger partial charge in [0.05, 0.1) is 0 Å². The molecule has 0 aliphatic carbocycles. The average Bonchev–Trinajstić information content (AvgIpc) is 2.31. The number of carbonyl (C=O) groups is 2. The third-order valence-corrected chi connectivity index (χ3v) is 9.65. The minimum absolute atomic E-state index is 0. The summed E-state index contributed by atoms with van der Waals surface area (Å²) in [4.78, 5) is 24.4. The minimum atomic E-state index is -2.56. The molecule has 0 aromatic rings. The summed E-state index contributed by atoms with van der Waals surface area (Å²) >= 11 is 0. The van der Waals surface area contributed by atoms with Gasteiger partial charge in [-0.1, -0.05) is 6.58 Å². The maximum absolute atomic E-state index is 11.8. The van der Waals surface area contributed by atoms with Crippen LogP contribution in [0.4, 0.5) is 0 Å². The van der Waals surface area contributed by atoms with Gasteiger partial charge >= 0.3 is 8.56 Å². The van der Waals surface area contributed by atoms with Crippen molar-refractivity contribution in [3.63, 3.8) is 0 Å². The second-order valence-electron chi connectivity index (χ2n) is 8.15. The van der Waals surface area contributed by atoms with E-state index in [1.54, 1.807) is 13.8 Å². The van der Waals surface area contributed by atoms with E-state index in [2.05, 4.69) is 31.5 Å². The summed E-state index contributed by atoms with van der Waals surface area (Å²) in [5.74, 6) is -1.39. The molecule has 0 saturated carbocycles. The lowest BCUT2D eigenvalue weighted by Gasteiger charge is -2.38. The molecule has 1 atom stereocenters. The Morgan fingerprint density at radius 3 is 2.12 bits per heavy atom. The maximum atomic E-state index is 11.8. The Morgan fingerprint density at radius 1 is 1.19 bits per heavy atom. The second-order valence-corrected chi connectivity index (χ2v) is 16.2. The molecule has 0 radical (unpaired) electrons. The van der Waals surface area contributed by atoms with Gasteiger partial charge in [0.2, 0.25) is 11.8 Å². The molecule has 9 heteroatoms. The van der Waals surface area contributed by atoms with Crippen LogP contribution in [0.15, 0.2) is 12.4 Å². The summed E-state index contributed by atoms with van der Waals surface area (Å²) in [5.41, 5.74) is 0. The first-order valence-electron chi connectivity index (χ1n) is 8.92. The van der Waals surface area contributed by atoms with Crippen LogP contribution in [0.1, 0.15) is 42.0 Å². The second kappa shape index (κ2) is 9.79. The molecule has 0 saturated heterocycles. The molecular weight excluding hydrogens is 368 g/mol. The molecule has 0 fully saturated rings. The van der Waals surface area contributed by atoms with Crippen molar-refractivity contribution in [1.82, 2.24) is 10.2 Å². The molecule has 154 valence electrons. The molecule has 0 spiro atoms. The molecule has 7 nitrogen and oxygen atoms in total. The molecule has 0 bridgehead atoms. The summed E-state index contributed by atoms with van der Waals surface area (Å²) in [6.07, 6.45) is 1.49. The van der Waals surface area contributed by atoms with E-state index in [1.165, 1.54) is 18.7 Å². The molecule has 0 rings (SSSR count). The Balaban J connectivity index is 0. The van der Waals surface area contributed by atoms with Crippen LogP contribution in [0, 0.1) is 0 Å². The number of nitrogens with one attached hydrogen (secondary N) is 1. The zero-order valence-corrected chi connectivity index (χ0v) is 19.6. The Kier molecular flexibility index (Phi) is 9.41. The summed E-state index contributed by atoms with van der Waals surface area (Å²) in [7, 11) is -4.39. The highest BCUT2D eigenvalue weighted by Crippen LogP contribution is 2.26. The lowest BCUT2D eigenvalue weighted by atomic mass is 10.3. The molecule has 26 heavy (non-hydrogen) atoms. The van der Waals surface area contributed by atoms with Gasteiger partial charge in [-0.15, -0.1) is 0 Å². The molecule has 0 aromatic heterocycles. The van der Waals surface area contributed by atoms with Crippen LogP contribution < -0.4 is 5.32 Å². The molecule has 2 N–H and O–H groups in total. The lowest BCUT2D eigenvalue weighted by Crippen LogP contribution is -2.51. The fourth-order valence-corrected chi connectivity index (χ4v) is 10.6. The first kappa shape index (κ1) is 25.0. The highest BCUT2D eigenvalue weighted by atomic mass is 28.4. The predicted molar refractivity (Wildman–Crippen MR) is 110 cm³/mol. The van der Waals surface area contributed by atoms with Gasteiger partial charge in [0, 0.05) is 21.8 Å². The van der Waals surface area contributed by atoms with Crippen molar-refractivity contribution < 1.29 is 24.7 Å². The Morgan fingerprint density at radius 2 is 1.73 bits per heavy atom. The first-order chi connectivity index (χ1) is 11.5. The number of amides is 2. The predicted octanol–water partition coefficient (Wildman–Crippen LogP) is 3.14. The number of rotatable bonds is 11. The van der Waals surface area contributed by atoms with Gasteiger partial charge in [0.15, 0.2) is 14.1 Å². The van der Waals surface area contributed by atoms with Crippen molar-refractivity contribution in [2.75, 3.05) is 6.54 Å². The summed E-state index contributed by atoms with van der Waals surface area (Å²) in [6.45, 7) is 18.5. The number of unbranched alkanes of at least 4 members (excludes halogenated alkanes) is 1. The summed E-state index contributed by atoms with van der Waals surface area (Å²) < 4.78 is 12.2. The van der Waals surface area contributed by atoms with E-state index >= 15 is 0 Å². The van der Waals surface area contributed by atoms with Gasteiger partial charge in [0.25, 0.3) is 0 Å². The van der Waals surface area contributed by atoms with Gasteiger partial charge in [-0.25, -0.2) is 0 Å². The Hall–Kier alpha value is -1.01. The fraction of sp³-hybridized carbons (Fsp3) is 0.765. The van der Waals surface area contributed by atoms with E-state index in [1.807, 2.05) is 6.55 Å². The highest BCUT2D eigenvalue weighted by molar-refractivity contribution is 6.81. The largest absolute Gasteiger partial charge is 0.436 e. The summed E-state index contributed by atoms with van der Waals surface area (Å²) in [5, 5.41) is 12.6. The van der Waals surface area contributed by atoms with Gasteiger partial charge in [-0.3, -0.25) is 14.5 Å². The Bertz CT molecular complexity index is 502. The van der Waals surface area contributed by atoms with Gasteiger partial charge < -0.3 is 19.0 Å². The molecule has 0 aromatic carbocycles. The van der Waals surface area contributed by atoms with Crippen LogP contribution in [-0.4, -0.2) is 51.0 Å². The maximum Gasteiger partial charge on any atom is 0.326 e. The SMILES string of the molecule is C=C(NC(C)=O)N(CCCC[Si](C)(OC(C)(C)O)O[Si](C)(C)C)C(C)=O.[HH]. The summed E-state index contributed by atoms with van der Waals surface area (Å²) in [6, 6.07) is 0.708. The molecular formula is C17H38N2O5Si2. The average molecular weight is 407 g/mol. The number of aliphatic hydroxyl groups is 1. The monoisotopic (exact) mass is 406 g/mol. The third-order valence-electron chi connectivity index (χ3n) is 3.28. The van der Waals surface area contributed by atoms with Gasteiger partial charge in [-0.2, -0.15) is 0 Å². The topological polar surface area (TPSA) is 88.1 Å². The van der Waals surface area contributed by atoms with Crippen LogP contribution in [0.25, 0.3) is 0 Å². The quantitative estimate of drug-likeness (QED) is 0.313. The van der Waals surface area contributed by atoms with Crippen molar-refractivity contribution >= 4 is 28.7 Å². The first-order valence-corrected chi connectivity index (χ1v) is 14.9. The fourth-order valence-electron chi connectivity index (χ4n) is 2.77. The van der Waals surface area contributed by atoms with E-state index in [0.29, 0.717) is 19.0 Å². The smallest absolute Gasteiger partial charge is 0.326 e. The van der Waals surface area contributed by atoms with Crippen LogP contribution in [0.2, 0.25) is 32.2 Å². The number of hydrogen-bond donors (Lipinski definition) is 2. The Labute approximate surface area is 161 Å². The minimum Gasteiger partial charge on any atom is -0.436 e. The van der Waals surface area contributed by atoms with Crippen molar-refractivity contribution in [3.05, 3.63) is 12.4 Å². The van der Waals surface area contributed by atoms with Crippen LogP contribution in [-0.2, 0) is 18.1 Å². The molecule has 1 unspecified atom stereocenters. The molecule has 0 aliphatic rings. The molecule has 2 amide bonds. The number of carbonyl (C=O) groups excluding carboxylic acids is 2. The molecule has 0 aliphatic heterocycles. The van der Waals surface area contributed by atoms with E-state index in [-0.39, 0.29) is 19.1 Å². The lowest BCUT2D eigenvalue weighted by molar-refractivity contribution is -0.127. The highest BCUT2D eigenvalue weighted by Gasteiger charge is 2.40. The number of nitrogens with zero attached hydrogens (tertiary/aromatic N) is 1. The van der Waals surface area contributed by atoms with E-state index in [0.717, 1.165) is 6.42 Å². The van der Waals surface area contributed by atoms with Gasteiger partial charge in [-0.05, 0) is 58.9 Å². The molecule has 0 heterocycles. The zero-order valence-electron chi connectivity index (χ0n) is 17.6. The third kappa shape index (κ3) is 11.6. The van der Waals surface area contributed by atoms with Crippen molar-refractivity contribution in [1.29, 1.82) is 0 Å². The van der Waals surface area contributed by atoms with Crippen molar-refractivity contribution in [2.24, 2.45) is 0 Å². The normalized spacial score (nSPS) is 14.5. The van der Waals surface area contributed by atoms with Crippen LogP contribution in [0.3, 0.4) is 0 Å². The van der Waals surface area contributed by atoms with Crippen molar-refractivity contribution in [2.45, 2.75) is 78.6 Å². The zero-order chi connectivity index (χ0) is 20.8. The van der Waals surface area contributed by atoms with Crippen LogP contribution in [0.5, 0.6) is 0 Å². The van der Waals surface area contributed by atoms with Crippen LogP contribution >= 0.6 is 0 Å². The number of hydrogen-bond acceptors (Lipinski definition) is 5. The van der Waals surface area contributed by atoms with E-state index < -0.39 is 22.7 Å². The van der Waals surface area contributed by atoms with E-state index in [4.69, 9.17) is 8.54 Å². The van der Waals surface area contributed by atoms with Gasteiger partial charge in [0.1, 0.15) is 5.82 Å².